The van der Waals surface area contributed by atoms with E-state index in [1.54, 1.807) is 12.5 Å². The zero-order chi connectivity index (χ0) is 18.6. The molecule has 3 heterocycles. The average Bonchev–Trinajstić information content (AvgIpc) is 2.75. The lowest BCUT2D eigenvalue weighted by molar-refractivity contribution is -0.110. The molecule has 0 radical (unpaired) electrons. The van der Waals surface area contributed by atoms with E-state index < -0.39 is 6.04 Å². The predicted molar refractivity (Wildman–Crippen MR) is 126 cm³/mol. The molecule has 30 heavy (non-hydrogen) atoms. The van der Waals surface area contributed by atoms with Crippen LogP contribution in [0.2, 0.25) is 0 Å². The molecular formula is C20H25Cl3N6O. The quantitative estimate of drug-likeness (QED) is 0.572. The third-order valence-corrected chi connectivity index (χ3v) is 5.06. The number of hydrogen-bond acceptors (Lipinski definition) is 7. The summed E-state index contributed by atoms with van der Waals surface area (Å²) in [7, 11) is 0. The second-order valence-corrected chi connectivity index (χ2v) is 6.66. The lowest BCUT2D eigenvalue weighted by Gasteiger charge is -2.41. The van der Waals surface area contributed by atoms with Crippen molar-refractivity contribution in [3.05, 3.63) is 60.6 Å². The van der Waals surface area contributed by atoms with E-state index in [0.29, 0.717) is 5.65 Å². The minimum atomic E-state index is -0.553. The Labute approximate surface area is 194 Å². The van der Waals surface area contributed by atoms with E-state index in [1.165, 1.54) is 0 Å². The molecule has 1 aliphatic heterocycles. The summed E-state index contributed by atoms with van der Waals surface area (Å²) < 4.78 is 0. The van der Waals surface area contributed by atoms with E-state index >= 15 is 0 Å². The standard InChI is InChI=1S/C20H22N6O.3ClH/c21-17(13-27)18(15-5-2-1-3-6-15)25-9-11-26(12-10-25)20-16-7-4-8-22-19(16)23-14-24-20;;;/h1-8,13-14,17-18H,9-12,21H2;3*1H/t17-,18?;;;/m0.../s1. The minimum Gasteiger partial charge on any atom is -0.353 e. The number of anilines is 1. The van der Waals surface area contributed by atoms with Crippen LogP contribution < -0.4 is 10.6 Å². The van der Waals surface area contributed by atoms with Gasteiger partial charge in [-0.25, -0.2) is 15.0 Å². The number of halogens is 3. The first-order valence-electron chi connectivity index (χ1n) is 9.08. The van der Waals surface area contributed by atoms with Crippen LogP contribution in [-0.2, 0) is 4.79 Å². The molecule has 0 saturated carbocycles. The van der Waals surface area contributed by atoms with Crippen LogP contribution in [0.4, 0.5) is 5.82 Å². The highest BCUT2D eigenvalue weighted by Crippen LogP contribution is 2.27. The second-order valence-electron chi connectivity index (χ2n) is 6.66. The third kappa shape index (κ3) is 5.36. The first-order valence-corrected chi connectivity index (χ1v) is 9.08. The van der Waals surface area contributed by atoms with Crippen molar-refractivity contribution in [1.29, 1.82) is 0 Å². The molecule has 0 bridgehead atoms. The number of piperazine rings is 1. The largest absolute Gasteiger partial charge is 0.353 e. The Morgan fingerprint density at radius 2 is 1.60 bits per heavy atom. The molecule has 1 aromatic carbocycles. The highest BCUT2D eigenvalue weighted by molar-refractivity contribution is 5.86. The van der Waals surface area contributed by atoms with Gasteiger partial charge in [0.2, 0.25) is 0 Å². The van der Waals surface area contributed by atoms with Gasteiger partial charge in [0.1, 0.15) is 18.4 Å². The number of aromatic nitrogens is 3. The molecule has 0 aliphatic carbocycles. The van der Waals surface area contributed by atoms with Crippen LogP contribution in [0.3, 0.4) is 0 Å². The Morgan fingerprint density at radius 1 is 0.900 bits per heavy atom. The van der Waals surface area contributed by atoms with Gasteiger partial charge >= 0.3 is 0 Å². The summed E-state index contributed by atoms with van der Waals surface area (Å²) in [5, 5.41) is 0.956. The highest BCUT2D eigenvalue weighted by Gasteiger charge is 2.30. The summed E-state index contributed by atoms with van der Waals surface area (Å²) in [6, 6.07) is 13.2. The zero-order valence-corrected chi connectivity index (χ0v) is 18.7. The van der Waals surface area contributed by atoms with Crippen LogP contribution in [-0.4, -0.2) is 58.4 Å². The second kappa shape index (κ2) is 12.0. The topological polar surface area (TPSA) is 88.2 Å². The summed E-state index contributed by atoms with van der Waals surface area (Å²) in [6.45, 7) is 3.20. The lowest BCUT2D eigenvalue weighted by atomic mass is 9.98. The van der Waals surface area contributed by atoms with Crippen molar-refractivity contribution in [3.8, 4) is 0 Å². The third-order valence-electron chi connectivity index (χ3n) is 5.06. The van der Waals surface area contributed by atoms with E-state index in [9.17, 15) is 4.79 Å². The monoisotopic (exact) mass is 470 g/mol. The van der Waals surface area contributed by atoms with Gasteiger partial charge in [-0.2, -0.15) is 0 Å². The highest BCUT2D eigenvalue weighted by atomic mass is 35.5. The van der Waals surface area contributed by atoms with Gasteiger partial charge < -0.3 is 15.4 Å². The van der Waals surface area contributed by atoms with Gasteiger partial charge in [-0.1, -0.05) is 30.3 Å². The number of rotatable bonds is 5. The van der Waals surface area contributed by atoms with E-state index in [-0.39, 0.29) is 43.3 Å². The van der Waals surface area contributed by atoms with E-state index in [2.05, 4.69) is 24.8 Å². The first-order chi connectivity index (χ1) is 13.3. The Bertz CT molecular complexity index is 919. The number of carbonyl (C=O) groups is 1. The number of benzene rings is 1. The fourth-order valence-corrected chi connectivity index (χ4v) is 3.75. The molecule has 2 aromatic heterocycles. The molecule has 0 spiro atoms. The Hall–Kier alpha value is -2.03. The zero-order valence-electron chi connectivity index (χ0n) is 16.2. The predicted octanol–water partition coefficient (Wildman–Crippen LogP) is 2.68. The van der Waals surface area contributed by atoms with Gasteiger partial charge in [0, 0.05) is 32.4 Å². The van der Waals surface area contributed by atoms with Crippen molar-refractivity contribution in [2.24, 2.45) is 5.73 Å². The van der Waals surface area contributed by atoms with Crippen molar-refractivity contribution in [2.45, 2.75) is 12.1 Å². The number of fused-ring (bicyclic) bond motifs is 1. The fraction of sp³-hybridized carbons (Fsp3) is 0.300. The van der Waals surface area contributed by atoms with Gasteiger partial charge in [0.05, 0.1) is 17.5 Å². The molecule has 3 aromatic rings. The van der Waals surface area contributed by atoms with Gasteiger partial charge in [0.25, 0.3) is 0 Å². The molecule has 0 amide bonds. The van der Waals surface area contributed by atoms with Gasteiger partial charge in [-0.3, -0.25) is 4.90 Å². The first kappa shape index (κ1) is 26.0. The Morgan fingerprint density at radius 3 is 2.27 bits per heavy atom. The molecule has 4 rings (SSSR count). The smallest absolute Gasteiger partial charge is 0.164 e. The summed E-state index contributed by atoms with van der Waals surface area (Å²) in [5.74, 6) is 0.906. The normalized spacial score (nSPS) is 15.8. The number of aldehydes is 1. The maximum absolute atomic E-state index is 11.4. The van der Waals surface area contributed by atoms with Gasteiger partial charge in [-0.05, 0) is 17.7 Å². The van der Waals surface area contributed by atoms with Crippen molar-refractivity contribution < 1.29 is 4.79 Å². The maximum atomic E-state index is 11.4. The molecular weight excluding hydrogens is 447 g/mol. The average molecular weight is 472 g/mol. The summed E-state index contributed by atoms with van der Waals surface area (Å²) >= 11 is 0. The lowest BCUT2D eigenvalue weighted by Crippen LogP contribution is -2.52. The molecule has 2 atom stereocenters. The molecule has 7 nitrogen and oxygen atoms in total. The van der Waals surface area contributed by atoms with Crippen molar-refractivity contribution in [3.63, 3.8) is 0 Å². The van der Waals surface area contributed by atoms with Crippen LogP contribution in [0.15, 0.2) is 55.0 Å². The van der Waals surface area contributed by atoms with E-state index in [4.69, 9.17) is 5.73 Å². The van der Waals surface area contributed by atoms with Crippen molar-refractivity contribution >= 4 is 60.4 Å². The number of nitrogens with zero attached hydrogens (tertiary/aromatic N) is 5. The molecule has 2 N–H and O–H groups in total. The summed E-state index contributed by atoms with van der Waals surface area (Å²) in [5.41, 5.74) is 7.92. The fourth-order valence-electron chi connectivity index (χ4n) is 3.75. The van der Waals surface area contributed by atoms with Crippen LogP contribution in [0, 0.1) is 0 Å². The van der Waals surface area contributed by atoms with Crippen molar-refractivity contribution in [1.82, 2.24) is 19.9 Å². The Balaban J connectivity index is 0.00000150. The van der Waals surface area contributed by atoms with Crippen LogP contribution in [0.1, 0.15) is 11.6 Å². The molecule has 1 aliphatic rings. The Kier molecular flexibility index (Phi) is 10.4. The molecule has 1 unspecified atom stereocenters. The molecule has 162 valence electrons. The maximum Gasteiger partial charge on any atom is 0.164 e. The molecule has 1 fully saturated rings. The van der Waals surface area contributed by atoms with Crippen LogP contribution >= 0.6 is 37.2 Å². The van der Waals surface area contributed by atoms with Gasteiger partial charge in [-0.15, -0.1) is 37.2 Å². The van der Waals surface area contributed by atoms with Crippen LogP contribution in [0.5, 0.6) is 0 Å². The van der Waals surface area contributed by atoms with E-state index in [0.717, 1.165) is 49.2 Å². The summed E-state index contributed by atoms with van der Waals surface area (Å²) in [4.78, 5) is 29.0. The molecule has 1 saturated heterocycles. The van der Waals surface area contributed by atoms with E-state index in [1.807, 2.05) is 42.5 Å². The minimum absolute atomic E-state index is 0. The van der Waals surface area contributed by atoms with Gasteiger partial charge in [0.15, 0.2) is 5.65 Å². The van der Waals surface area contributed by atoms with Crippen molar-refractivity contribution in [2.75, 3.05) is 31.1 Å². The summed E-state index contributed by atoms with van der Waals surface area (Å²) in [6.07, 6.45) is 4.14. The SMILES string of the molecule is Cl.Cl.Cl.N[C@@H](C=O)C(c1ccccc1)N1CCN(c2ncnc3ncccc23)CC1. The number of hydrogen-bond donors (Lipinski definition) is 1. The number of pyridine rings is 1. The number of nitrogens with two attached hydrogens (primary N) is 1. The molecule has 10 heteroatoms. The van der Waals surface area contributed by atoms with Crippen LogP contribution in [0.25, 0.3) is 11.0 Å². The number of carbonyl (C=O) groups excluding carboxylic acids is 1.